The molecule has 182 valence electrons. The molecular formula is C25H27N5O5. The van der Waals surface area contributed by atoms with Crippen molar-refractivity contribution in [3.05, 3.63) is 71.5 Å². The molecule has 3 aromatic rings. The Balaban J connectivity index is 1.23. The summed E-state index contributed by atoms with van der Waals surface area (Å²) in [6.07, 6.45) is 1.23. The zero-order valence-electron chi connectivity index (χ0n) is 19.3. The number of nitrogens with zero attached hydrogens (tertiary/aromatic N) is 3. The summed E-state index contributed by atoms with van der Waals surface area (Å²) < 4.78 is 6.95. The van der Waals surface area contributed by atoms with Crippen molar-refractivity contribution in [2.45, 2.75) is 38.3 Å². The van der Waals surface area contributed by atoms with E-state index in [-0.39, 0.29) is 37.2 Å². The molecule has 35 heavy (non-hydrogen) atoms. The van der Waals surface area contributed by atoms with Gasteiger partial charge in [0.15, 0.2) is 5.69 Å². The van der Waals surface area contributed by atoms with Crippen LogP contribution in [0.3, 0.4) is 0 Å². The van der Waals surface area contributed by atoms with Crippen LogP contribution in [0, 0.1) is 0 Å². The molecule has 0 saturated carbocycles. The normalized spacial score (nSPS) is 12.9. The van der Waals surface area contributed by atoms with Crippen molar-refractivity contribution in [3.63, 3.8) is 0 Å². The van der Waals surface area contributed by atoms with Crippen molar-refractivity contribution < 1.29 is 24.2 Å². The number of aromatic nitrogens is 3. The highest BCUT2D eigenvalue weighted by Gasteiger charge is 2.29. The van der Waals surface area contributed by atoms with E-state index in [1.54, 1.807) is 6.92 Å². The highest BCUT2D eigenvalue weighted by atomic mass is 16.5. The van der Waals surface area contributed by atoms with Gasteiger partial charge in [-0.25, -0.2) is 9.48 Å². The molecule has 0 saturated heterocycles. The number of amides is 2. The minimum atomic E-state index is -0.916. The average Bonchev–Trinajstić information content (AvgIpc) is 3.44. The van der Waals surface area contributed by atoms with Crippen LogP contribution in [0.15, 0.2) is 54.7 Å². The van der Waals surface area contributed by atoms with Gasteiger partial charge in [0.1, 0.15) is 6.61 Å². The van der Waals surface area contributed by atoms with E-state index < -0.39 is 18.0 Å². The second kappa shape index (κ2) is 10.8. The Labute approximate surface area is 202 Å². The van der Waals surface area contributed by atoms with E-state index in [2.05, 4.69) is 45.2 Å². The minimum Gasteiger partial charge on any atom is -0.481 e. The predicted octanol–water partition coefficient (Wildman–Crippen LogP) is 2.80. The number of hydrogen-bond acceptors (Lipinski definition) is 6. The van der Waals surface area contributed by atoms with Gasteiger partial charge in [-0.15, -0.1) is 5.10 Å². The highest BCUT2D eigenvalue weighted by molar-refractivity contribution is 5.92. The number of aliphatic carboxylic acids is 1. The first-order valence-electron chi connectivity index (χ1n) is 11.4. The number of benzene rings is 2. The maximum Gasteiger partial charge on any atom is 0.407 e. The molecule has 1 aliphatic carbocycles. The third-order valence-electron chi connectivity index (χ3n) is 5.89. The van der Waals surface area contributed by atoms with Gasteiger partial charge in [-0.05, 0) is 35.6 Å². The number of hydrogen-bond donors (Lipinski definition) is 3. The fourth-order valence-electron chi connectivity index (χ4n) is 4.14. The summed E-state index contributed by atoms with van der Waals surface area (Å²) in [4.78, 5) is 35.1. The molecule has 1 aromatic heterocycles. The molecule has 10 nitrogen and oxygen atoms in total. The lowest BCUT2D eigenvalue weighted by Gasteiger charge is -2.14. The van der Waals surface area contributed by atoms with E-state index in [4.69, 9.17) is 9.84 Å². The second-order valence-corrected chi connectivity index (χ2v) is 8.43. The number of ether oxygens (including phenoxy) is 1. The third-order valence-corrected chi connectivity index (χ3v) is 5.89. The number of fused-ring (bicyclic) bond motifs is 3. The lowest BCUT2D eigenvalue weighted by atomic mass is 9.98. The quantitative estimate of drug-likeness (QED) is 0.409. The summed E-state index contributed by atoms with van der Waals surface area (Å²) in [5, 5.41) is 21.8. The molecule has 4 rings (SSSR count). The molecule has 3 N–H and O–H groups in total. The highest BCUT2D eigenvalue weighted by Crippen LogP contribution is 2.44. The van der Waals surface area contributed by atoms with Gasteiger partial charge in [0.05, 0.1) is 12.7 Å². The van der Waals surface area contributed by atoms with E-state index in [1.807, 2.05) is 24.3 Å². The largest absolute Gasteiger partial charge is 0.481 e. The molecule has 2 aromatic carbocycles. The van der Waals surface area contributed by atoms with E-state index >= 15 is 0 Å². The summed E-state index contributed by atoms with van der Waals surface area (Å²) in [5.41, 5.74) is 4.74. The van der Waals surface area contributed by atoms with E-state index in [0.29, 0.717) is 13.0 Å². The summed E-state index contributed by atoms with van der Waals surface area (Å²) in [6.45, 7) is 2.51. The van der Waals surface area contributed by atoms with Gasteiger partial charge < -0.3 is 20.5 Å². The van der Waals surface area contributed by atoms with E-state index in [1.165, 1.54) is 22.0 Å². The monoisotopic (exact) mass is 477 g/mol. The molecule has 1 atom stereocenters. The van der Waals surface area contributed by atoms with Gasteiger partial charge in [0.25, 0.3) is 5.91 Å². The van der Waals surface area contributed by atoms with Crippen molar-refractivity contribution >= 4 is 18.0 Å². The van der Waals surface area contributed by atoms with Crippen LogP contribution in [0.5, 0.6) is 0 Å². The van der Waals surface area contributed by atoms with Gasteiger partial charge in [0, 0.05) is 24.9 Å². The van der Waals surface area contributed by atoms with Crippen molar-refractivity contribution in [2.24, 2.45) is 0 Å². The van der Waals surface area contributed by atoms with Gasteiger partial charge in [-0.3, -0.25) is 9.59 Å². The van der Waals surface area contributed by atoms with Crippen LogP contribution in [0.4, 0.5) is 4.79 Å². The smallest absolute Gasteiger partial charge is 0.407 e. The summed E-state index contributed by atoms with van der Waals surface area (Å²) in [7, 11) is 0. The maximum absolute atomic E-state index is 12.3. The van der Waals surface area contributed by atoms with Crippen LogP contribution in [0.25, 0.3) is 11.1 Å². The van der Waals surface area contributed by atoms with Crippen LogP contribution in [0.2, 0.25) is 0 Å². The Bertz CT molecular complexity index is 1180. The van der Waals surface area contributed by atoms with Crippen molar-refractivity contribution in [3.8, 4) is 11.1 Å². The van der Waals surface area contributed by atoms with Gasteiger partial charge in [0.2, 0.25) is 0 Å². The first-order chi connectivity index (χ1) is 16.9. The zero-order chi connectivity index (χ0) is 24.8. The molecule has 1 aliphatic rings. The van der Waals surface area contributed by atoms with Crippen LogP contribution in [-0.4, -0.2) is 57.3 Å². The molecule has 0 aliphatic heterocycles. The average molecular weight is 478 g/mol. The second-order valence-electron chi connectivity index (χ2n) is 8.43. The number of alkyl carbamates (subject to hydrolysis) is 1. The topological polar surface area (TPSA) is 135 Å². The molecule has 0 fully saturated rings. The standard InChI is InChI=1S/C25H27N5O5/c1-16(10-11-23(31)32)27-24(33)22-14-30(29-28-22)13-12-26-25(34)35-15-21-19-8-4-2-6-17(19)18-7-3-5-9-20(18)21/h2-9,14,16,21H,10-13,15H2,1H3,(H,26,34)(H,27,33)(H,31,32). The molecule has 2 amide bonds. The first-order valence-corrected chi connectivity index (χ1v) is 11.4. The molecule has 0 spiro atoms. The van der Waals surface area contributed by atoms with Gasteiger partial charge >= 0.3 is 12.1 Å². The van der Waals surface area contributed by atoms with Crippen LogP contribution >= 0.6 is 0 Å². The summed E-state index contributed by atoms with van der Waals surface area (Å²) in [5.74, 6) is -1.36. The SMILES string of the molecule is CC(CCC(=O)O)NC(=O)c1cn(CCNC(=O)OCC2c3ccccc3-c3ccccc32)nn1. The molecule has 0 radical (unpaired) electrons. The predicted molar refractivity (Wildman–Crippen MR) is 127 cm³/mol. The number of carboxylic acids is 1. The van der Waals surface area contributed by atoms with Crippen LogP contribution < -0.4 is 10.6 Å². The molecule has 1 unspecified atom stereocenters. The Morgan fingerprint density at radius 1 is 1.09 bits per heavy atom. The first kappa shape index (κ1) is 23.9. The fraction of sp³-hybridized carbons (Fsp3) is 0.320. The molecule has 10 heteroatoms. The summed E-state index contributed by atoms with van der Waals surface area (Å²) in [6, 6.07) is 16.0. The van der Waals surface area contributed by atoms with Crippen molar-refractivity contribution in [1.29, 1.82) is 0 Å². The number of nitrogens with one attached hydrogen (secondary N) is 2. The molecule has 1 heterocycles. The van der Waals surface area contributed by atoms with Gasteiger partial charge in [-0.1, -0.05) is 53.7 Å². The number of rotatable bonds is 10. The Hall–Kier alpha value is -4.21. The lowest BCUT2D eigenvalue weighted by molar-refractivity contribution is -0.137. The minimum absolute atomic E-state index is 0.0116. The number of carboxylic acid groups (broad SMARTS) is 1. The van der Waals surface area contributed by atoms with Gasteiger partial charge in [-0.2, -0.15) is 0 Å². The van der Waals surface area contributed by atoms with Crippen LogP contribution in [-0.2, 0) is 16.1 Å². The lowest BCUT2D eigenvalue weighted by Crippen LogP contribution is -2.33. The van der Waals surface area contributed by atoms with Crippen molar-refractivity contribution in [2.75, 3.05) is 13.2 Å². The van der Waals surface area contributed by atoms with E-state index in [9.17, 15) is 14.4 Å². The summed E-state index contributed by atoms with van der Waals surface area (Å²) >= 11 is 0. The van der Waals surface area contributed by atoms with E-state index in [0.717, 1.165) is 11.1 Å². The number of carbonyl (C=O) groups excluding carboxylic acids is 2. The maximum atomic E-state index is 12.3. The Morgan fingerprint density at radius 2 is 1.74 bits per heavy atom. The molecule has 0 bridgehead atoms. The molecular weight excluding hydrogens is 450 g/mol. The fourth-order valence-corrected chi connectivity index (χ4v) is 4.14. The Kier molecular flexibility index (Phi) is 7.39. The third kappa shape index (κ3) is 5.84. The van der Waals surface area contributed by atoms with Crippen LogP contribution in [0.1, 0.15) is 47.3 Å². The zero-order valence-corrected chi connectivity index (χ0v) is 19.3. The Morgan fingerprint density at radius 3 is 2.40 bits per heavy atom. The van der Waals surface area contributed by atoms with Crippen molar-refractivity contribution in [1.82, 2.24) is 25.6 Å². The number of carbonyl (C=O) groups is 3.